The SMILES string of the molecule is Cc1nc(CN)c(-c2ccc3c(c2)nc(C)n3C)n1C. The second-order valence-electron chi connectivity index (χ2n) is 5.14. The number of hydrogen-bond acceptors (Lipinski definition) is 3. The fourth-order valence-electron chi connectivity index (χ4n) is 2.65. The topological polar surface area (TPSA) is 61.7 Å². The van der Waals surface area contributed by atoms with E-state index in [4.69, 9.17) is 5.73 Å². The van der Waals surface area contributed by atoms with E-state index >= 15 is 0 Å². The van der Waals surface area contributed by atoms with E-state index in [0.717, 1.165) is 39.6 Å². The van der Waals surface area contributed by atoms with E-state index < -0.39 is 0 Å². The van der Waals surface area contributed by atoms with Crippen LogP contribution < -0.4 is 5.73 Å². The molecule has 0 aliphatic carbocycles. The highest BCUT2D eigenvalue weighted by Crippen LogP contribution is 2.27. The Hall–Kier alpha value is -2.14. The van der Waals surface area contributed by atoms with Crippen LogP contribution in [0.3, 0.4) is 0 Å². The normalized spacial score (nSPS) is 11.4. The molecular weight excluding hydrogens is 250 g/mol. The molecule has 0 unspecified atom stereocenters. The van der Waals surface area contributed by atoms with Crippen molar-refractivity contribution in [2.24, 2.45) is 19.8 Å². The van der Waals surface area contributed by atoms with Crippen molar-refractivity contribution in [3.8, 4) is 11.3 Å². The average Bonchev–Trinajstić information content (AvgIpc) is 2.88. The molecule has 2 heterocycles. The number of imidazole rings is 2. The zero-order valence-electron chi connectivity index (χ0n) is 12.3. The molecule has 5 heteroatoms. The highest BCUT2D eigenvalue weighted by Gasteiger charge is 2.14. The lowest BCUT2D eigenvalue weighted by Gasteiger charge is -2.06. The Labute approximate surface area is 118 Å². The van der Waals surface area contributed by atoms with Gasteiger partial charge in [-0.3, -0.25) is 0 Å². The molecule has 3 aromatic rings. The molecule has 0 spiro atoms. The van der Waals surface area contributed by atoms with Crippen molar-refractivity contribution in [3.05, 3.63) is 35.5 Å². The second-order valence-corrected chi connectivity index (χ2v) is 5.14. The molecule has 0 fully saturated rings. The highest BCUT2D eigenvalue weighted by molar-refractivity contribution is 5.82. The Morgan fingerprint density at radius 3 is 2.45 bits per heavy atom. The predicted octanol–water partition coefficient (Wildman–Crippen LogP) is 2.05. The van der Waals surface area contributed by atoms with Gasteiger partial charge in [0.15, 0.2) is 0 Å². The summed E-state index contributed by atoms with van der Waals surface area (Å²) in [6.07, 6.45) is 0. The minimum absolute atomic E-state index is 0.441. The standard InChI is InChI=1S/C15H19N5/c1-9-17-12-7-11(5-6-14(12)19(9)3)15-13(8-16)18-10(2)20(15)4/h5-7H,8,16H2,1-4H3. The van der Waals surface area contributed by atoms with Crippen molar-refractivity contribution in [1.29, 1.82) is 0 Å². The van der Waals surface area contributed by atoms with Gasteiger partial charge in [-0.15, -0.1) is 0 Å². The Bertz CT molecular complexity index is 794. The molecule has 2 aromatic heterocycles. The molecule has 3 rings (SSSR count). The maximum absolute atomic E-state index is 5.82. The van der Waals surface area contributed by atoms with Gasteiger partial charge in [0, 0.05) is 26.2 Å². The molecule has 0 aliphatic heterocycles. The summed E-state index contributed by atoms with van der Waals surface area (Å²) < 4.78 is 4.18. The fraction of sp³-hybridized carbons (Fsp3) is 0.333. The third-order valence-corrected chi connectivity index (χ3v) is 3.96. The van der Waals surface area contributed by atoms with Crippen LogP contribution in [0, 0.1) is 13.8 Å². The lowest BCUT2D eigenvalue weighted by molar-refractivity contribution is 0.865. The Balaban J connectivity index is 2.25. The van der Waals surface area contributed by atoms with Crippen LogP contribution in [0.5, 0.6) is 0 Å². The van der Waals surface area contributed by atoms with Crippen LogP contribution in [0.4, 0.5) is 0 Å². The van der Waals surface area contributed by atoms with Crippen LogP contribution in [0.1, 0.15) is 17.3 Å². The maximum atomic E-state index is 5.82. The van der Waals surface area contributed by atoms with Crippen molar-refractivity contribution in [2.75, 3.05) is 0 Å². The van der Waals surface area contributed by atoms with Gasteiger partial charge >= 0.3 is 0 Å². The summed E-state index contributed by atoms with van der Waals surface area (Å²) in [6, 6.07) is 6.32. The van der Waals surface area contributed by atoms with E-state index in [1.54, 1.807) is 0 Å². The van der Waals surface area contributed by atoms with Crippen LogP contribution in [-0.2, 0) is 20.6 Å². The third-order valence-electron chi connectivity index (χ3n) is 3.96. The first-order chi connectivity index (χ1) is 9.52. The van der Waals surface area contributed by atoms with E-state index in [-0.39, 0.29) is 0 Å². The Morgan fingerprint density at radius 1 is 1.05 bits per heavy atom. The van der Waals surface area contributed by atoms with E-state index in [1.807, 2.05) is 27.9 Å². The van der Waals surface area contributed by atoms with Gasteiger partial charge < -0.3 is 14.9 Å². The molecule has 0 saturated heterocycles. The smallest absolute Gasteiger partial charge is 0.106 e. The van der Waals surface area contributed by atoms with Crippen molar-refractivity contribution in [3.63, 3.8) is 0 Å². The van der Waals surface area contributed by atoms with Gasteiger partial charge in [-0.05, 0) is 26.0 Å². The van der Waals surface area contributed by atoms with E-state index in [9.17, 15) is 0 Å². The second kappa shape index (κ2) is 4.45. The zero-order valence-corrected chi connectivity index (χ0v) is 12.3. The average molecular weight is 269 g/mol. The molecule has 20 heavy (non-hydrogen) atoms. The molecule has 0 aliphatic rings. The quantitative estimate of drug-likeness (QED) is 0.774. The number of aryl methyl sites for hydroxylation is 3. The molecule has 2 N–H and O–H groups in total. The molecule has 0 saturated carbocycles. The van der Waals surface area contributed by atoms with E-state index in [1.165, 1.54) is 0 Å². The number of benzene rings is 1. The molecule has 0 atom stereocenters. The van der Waals surface area contributed by atoms with Gasteiger partial charge in [-0.2, -0.15) is 0 Å². The number of fused-ring (bicyclic) bond motifs is 1. The van der Waals surface area contributed by atoms with Crippen LogP contribution in [0.25, 0.3) is 22.3 Å². The van der Waals surface area contributed by atoms with Crippen molar-refractivity contribution in [1.82, 2.24) is 19.1 Å². The van der Waals surface area contributed by atoms with Gasteiger partial charge in [0.05, 0.1) is 22.4 Å². The minimum atomic E-state index is 0.441. The molecule has 5 nitrogen and oxygen atoms in total. The van der Waals surface area contributed by atoms with Gasteiger partial charge in [0.2, 0.25) is 0 Å². The lowest BCUT2D eigenvalue weighted by Crippen LogP contribution is -2.00. The predicted molar refractivity (Wildman–Crippen MR) is 80.3 cm³/mol. The molecular formula is C15H19N5. The first-order valence-electron chi connectivity index (χ1n) is 6.68. The number of hydrogen-bond donors (Lipinski definition) is 1. The summed E-state index contributed by atoms with van der Waals surface area (Å²) in [6.45, 7) is 4.45. The van der Waals surface area contributed by atoms with Crippen molar-refractivity contribution < 1.29 is 0 Å². The van der Waals surface area contributed by atoms with E-state index in [2.05, 4.69) is 37.3 Å². The Kier molecular flexibility index (Phi) is 2.87. The summed E-state index contributed by atoms with van der Waals surface area (Å²) in [4.78, 5) is 9.11. The van der Waals surface area contributed by atoms with Crippen LogP contribution in [-0.4, -0.2) is 19.1 Å². The van der Waals surface area contributed by atoms with Crippen molar-refractivity contribution >= 4 is 11.0 Å². The summed E-state index contributed by atoms with van der Waals surface area (Å²) in [7, 11) is 4.05. The molecule has 104 valence electrons. The highest BCUT2D eigenvalue weighted by atomic mass is 15.1. The fourth-order valence-corrected chi connectivity index (χ4v) is 2.65. The van der Waals surface area contributed by atoms with Crippen LogP contribution in [0.2, 0.25) is 0 Å². The summed E-state index contributed by atoms with van der Waals surface area (Å²) in [5.74, 6) is 1.98. The number of nitrogens with two attached hydrogens (primary N) is 1. The first kappa shape index (κ1) is 12.9. The maximum Gasteiger partial charge on any atom is 0.106 e. The summed E-state index contributed by atoms with van der Waals surface area (Å²) in [5.41, 5.74) is 11.1. The zero-order chi connectivity index (χ0) is 14.4. The van der Waals surface area contributed by atoms with E-state index in [0.29, 0.717) is 6.54 Å². The lowest BCUT2D eigenvalue weighted by atomic mass is 10.1. The monoisotopic (exact) mass is 269 g/mol. The van der Waals surface area contributed by atoms with Gasteiger partial charge in [-0.1, -0.05) is 6.07 Å². The molecule has 0 radical (unpaired) electrons. The van der Waals surface area contributed by atoms with Gasteiger partial charge in [0.1, 0.15) is 11.6 Å². The number of aromatic nitrogens is 4. The minimum Gasteiger partial charge on any atom is -0.331 e. The Morgan fingerprint density at radius 2 is 1.75 bits per heavy atom. The molecule has 0 amide bonds. The molecule has 1 aromatic carbocycles. The first-order valence-corrected chi connectivity index (χ1v) is 6.68. The van der Waals surface area contributed by atoms with Gasteiger partial charge in [-0.25, -0.2) is 9.97 Å². The third kappa shape index (κ3) is 1.74. The number of rotatable bonds is 2. The number of nitrogens with zero attached hydrogens (tertiary/aromatic N) is 4. The van der Waals surface area contributed by atoms with Crippen molar-refractivity contribution in [2.45, 2.75) is 20.4 Å². The van der Waals surface area contributed by atoms with Crippen LogP contribution >= 0.6 is 0 Å². The van der Waals surface area contributed by atoms with Crippen LogP contribution in [0.15, 0.2) is 18.2 Å². The molecule has 0 bridgehead atoms. The summed E-state index contributed by atoms with van der Waals surface area (Å²) in [5, 5.41) is 0. The van der Waals surface area contributed by atoms with Gasteiger partial charge in [0.25, 0.3) is 0 Å². The summed E-state index contributed by atoms with van der Waals surface area (Å²) >= 11 is 0. The largest absolute Gasteiger partial charge is 0.331 e.